The minimum atomic E-state index is -0.202. The average Bonchev–Trinajstić information content (AvgIpc) is 2.23. The van der Waals surface area contributed by atoms with Crippen molar-refractivity contribution >= 4 is 11.8 Å². The molecule has 1 atom stereocenters. The summed E-state index contributed by atoms with van der Waals surface area (Å²) in [6, 6.07) is 0. The highest BCUT2D eigenvalue weighted by molar-refractivity contribution is 5.85. The summed E-state index contributed by atoms with van der Waals surface area (Å²) in [7, 11) is 3.48. The smallest absolute Gasteiger partial charge is 0.225 e. The molecule has 1 N–H and O–H groups in total. The summed E-state index contributed by atoms with van der Waals surface area (Å²) >= 11 is 0. The van der Waals surface area contributed by atoms with Crippen molar-refractivity contribution in [1.82, 2.24) is 10.2 Å². The van der Waals surface area contributed by atoms with Crippen LogP contribution < -0.4 is 5.32 Å². The van der Waals surface area contributed by atoms with E-state index in [1.54, 1.807) is 19.0 Å². The van der Waals surface area contributed by atoms with Crippen LogP contribution in [0.15, 0.2) is 0 Å². The molecule has 0 fully saturated rings. The van der Waals surface area contributed by atoms with E-state index in [4.69, 9.17) is 0 Å². The number of nitrogens with zero attached hydrogens (tertiary/aromatic N) is 1. The topological polar surface area (TPSA) is 49.4 Å². The molecule has 4 heteroatoms. The van der Waals surface area contributed by atoms with E-state index in [2.05, 4.69) is 33.0 Å². The van der Waals surface area contributed by atoms with Crippen molar-refractivity contribution in [1.29, 1.82) is 0 Å². The molecule has 0 radical (unpaired) electrons. The van der Waals surface area contributed by atoms with Gasteiger partial charge in [0.25, 0.3) is 0 Å². The molecule has 2 amide bonds. The van der Waals surface area contributed by atoms with E-state index < -0.39 is 0 Å². The largest absolute Gasteiger partial charge is 0.356 e. The third kappa shape index (κ3) is 7.30. The number of hydrogen-bond acceptors (Lipinski definition) is 2. The fourth-order valence-corrected chi connectivity index (χ4v) is 1.82. The molecule has 0 aromatic rings. The summed E-state index contributed by atoms with van der Waals surface area (Å²) in [5.41, 5.74) is 0. The van der Waals surface area contributed by atoms with E-state index in [0.29, 0.717) is 24.8 Å². The van der Waals surface area contributed by atoms with Crippen LogP contribution in [0.4, 0.5) is 0 Å². The van der Waals surface area contributed by atoms with Crippen molar-refractivity contribution in [2.24, 2.45) is 17.8 Å². The molecule has 106 valence electrons. The van der Waals surface area contributed by atoms with Crippen LogP contribution in [0.5, 0.6) is 0 Å². The molecule has 18 heavy (non-hydrogen) atoms. The number of amides is 2. The zero-order chi connectivity index (χ0) is 14.3. The zero-order valence-electron chi connectivity index (χ0n) is 12.6. The van der Waals surface area contributed by atoms with Gasteiger partial charge in [-0.1, -0.05) is 27.7 Å². The van der Waals surface area contributed by atoms with E-state index in [1.807, 2.05) is 0 Å². The van der Waals surface area contributed by atoms with Gasteiger partial charge in [0.1, 0.15) is 0 Å². The van der Waals surface area contributed by atoms with E-state index in [9.17, 15) is 9.59 Å². The molecule has 0 aromatic heterocycles. The van der Waals surface area contributed by atoms with E-state index in [1.165, 1.54) is 0 Å². The lowest BCUT2D eigenvalue weighted by Crippen LogP contribution is -2.36. The van der Waals surface area contributed by atoms with Gasteiger partial charge in [0.2, 0.25) is 11.8 Å². The van der Waals surface area contributed by atoms with Crippen molar-refractivity contribution in [3.05, 3.63) is 0 Å². The van der Waals surface area contributed by atoms with Gasteiger partial charge in [-0.25, -0.2) is 0 Å². The molecule has 0 aliphatic heterocycles. The van der Waals surface area contributed by atoms with Crippen LogP contribution in [0, 0.1) is 17.8 Å². The highest BCUT2D eigenvalue weighted by Crippen LogP contribution is 2.17. The molecule has 1 unspecified atom stereocenters. The Morgan fingerprint density at radius 1 is 1.06 bits per heavy atom. The molecular weight excluding hydrogens is 228 g/mol. The van der Waals surface area contributed by atoms with Crippen molar-refractivity contribution in [3.63, 3.8) is 0 Å². The van der Waals surface area contributed by atoms with Crippen LogP contribution in [-0.2, 0) is 9.59 Å². The van der Waals surface area contributed by atoms with Crippen LogP contribution in [-0.4, -0.2) is 37.4 Å². The maximum Gasteiger partial charge on any atom is 0.225 e. The molecule has 0 saturated carbocycles. The van der Waals surface area contributed by atoms with Gasteiger partial charge in [-0.2, -0.15) is 0 Å². The second-order valence-electron chi connectivity index (χ2n) is 5.96. The molecule has 0 bridgehead atoms. The minimum Gasteiger partial charge on any atom is -0.356 e. The van der Waals surface area contributed by atoms with Crippen LogP contribution in [0.1, 0.15) is 40.5 Å². The maximum atomic E-state index is 12.0. The Labute approximate surface area is 111 Å². The van der Waals surface area contributed by atoms with Crippen LogP contribution in [0.3, 0.4) is 0 Å². The Balaban J connectivity index is 4.40. The SMILES string of the molecule is CC(C)CNC(=O)CC(CC(C)C)C(=O)N(C)C. The molecule has 0 spiro atoms. The van der Waals surface area contributed by atoms with Crippen molar-refractivity contribution in [2.45, 2.75) is 40.5 Å². The predicted molar refractivity (Wildman–Crippen MR) is 74.1 cm³/mol. The van der Waals surface area contributed by atoms with Crippen LogP contribution >= 0.6 is 0 Å². The molecular formula is C14H28N2O2. The van der Waals surface area contributed by atoms with Gasteiger partial charge in [0.15, 0.2) is 0 Å². The quantitative estimate of drug-likeness (QED) is 0.756. The molecule has 0 rings (SSSR count). The Morgan fingerprint density at radius 3 is 2.00 bits per heavy atom. The minimum absolute atomic E-state index is 0.0236. The van der Waals surface area contributed by atoms with Crippen molar-refractivity contribution in [3.8, 4) is 0 Å². The lowest BCUT2D eigenvalue weighted by Gasteiger charge is -2.22. The monoisotopic (exact) mass is 256 g/mol. The first-order chi connectivity index (χ1) is 8.23. The molecule has 0 heterocycles. The second kappa shape index (κ2) is 8.11. The lowest BCUT2D eigenvalue weighted by atomic mass is 9.92. The fraction of sp³-hybridized carbons (Fsp3) is 0.857. The van der Waals surface area contributed by atoms with Gasteiger partial charge in [0, 0.05) is 33.0 Å². The highest BCUT2D eigenvalue weighted by atomic mass is 16.2. The number of nitrogens with one attached hydrogen (secondary N) is 1. The molecule has 0 aromatic carbocycles. The molecule has 4 nitrogen and oxygen atoms in total. The second-order valence-corrected chi connectivity index (χ2v) is 5.96. The first-order valence-corrected chi connectivity index (χ1v) is 6.71. The maximum absolute atomic E-state index is 12.0. The van der Waals surface area contributed by atoms with Gasteiger partial charge < -0.3 is 10.2 Å². The van der Waals surface area contributed by atoms with Crippen LogP contribution in [0.2, 0.25) is 0 Å². The van der Waals surface area contributed by atoms with E-state index in [-0.39, 0.29) is 17.7 Å². The predicted octanol–water partition coefficient (Wildman–Crippen LogP) is 1.90. The summed E-state index contributed by atoms with van der Waals surface area (Å²) in [4.78, 5) is 25.4. The Bertz CT molecular complexity index is 273. The average molecular weight is 256 g/mol. The number of hydrogen-bond donors (Lipinski definition) is 1. The van der Waals surface area contributed by atoms with E-state index >= 15 is 0 Å². The Morgan fingerprint density at radius 2 is 1.61 bits per heavy atom. The summed E-state index contributed by atoms with van der Waals surface area (Å²) < 4.78 is 0. The summed E-state index contributed by atoms with van der Waals surface area (Å²) in [5.74, 6) is 0.666. The molecule has 0 aliphatic rings. The fourth-order valence-electron chi connectivity index (χ4n) is 1.82. The van der Waals surface area contributed by atoms with Gasteiger partial charge in [0.05, 0.1) is 0 Å². The van der Waals surface area contributed by atoms with Gasteiger partial charge >= 0.3 is 0 Å². The number of rotatable bonds is 7. The van der Waals surface area contributed by atoms with Gasteiger partial charge in [-0.15, -0.1) is 0 Å². The number of carbonyl (C=O) groups excluding carboxylic acids is 2. The third-order valence-electron chi connectivity index (χ3n) is 2.69. The highest BCUT2D eigenvalue weighted by Gasteiger charge is 2.24. The molecule has 0 aliphatic carbocycles. The standard InChI is InChI=1S/C14H28N2O2/c1-10(2)7-12(14(18)16(5)6)8-13(17)15-9-11(3)4/h10-12H,7-9H2,1-6H3,(H,15,17). The summed E-state index contributed by atoms with van der Waals surface area (Å²) in [6.45, 7) is 8.92. The van der Waals surface area contributed by atoms with Crippen molar-refractivity contribution < 1.29 is 9.59 Å². The Hall–Kier alpha value is -1.06. The van der Waals surface area contributed by atoms with Gasteiger partial charge in [-0.05, 0) is 18.3 Å². The first kappa shape index (κ1) is 16.9. The van der Waals surface area contributed by atoms with Crippen molar-refractivity contribution in [2.75, 3.05) is 20.6 Å². The lowest BCUT2D eigenvalue weighted by molar-refractivity contribution is -0.136. The first-order valence-electron chi connectivity index (χ1n) is 6.71. The normalized spacial score (nSPS) is 12.7. The zero-order valence-corrected chi connectivity index (χ0v) is 12.6. The Kier molecular flexibility index (Phi) is 7.64. The van der Waals surface area contributed by atoms with Crippen LogP contribution in [0.25, 0.3) is 0 Å². The van der Waals surface area contributed by atoms with E-state index in [0.717, 1.165) is 6.42 Å². The summed E-state index contributed by atoms with van der Waals surface area (Å²) in [5, 5.41) is 2.87. The third-order valence-corrected chi connectivity index (χ3v) is 2.69. The number of carbonyl (C=O) groups is 2. The summed E-state index contributed by atoms with van der Waals surface area (Å²) in [6.07, 6.45) is 1.05. The van der Waals surface area contributed by atoms with Gasteiger partial charge in [-0.3, -0.25) is 9.59 Å². The molecule has 0 saturated heterocycles.